The molecule has 100 valence electrons. The topological polar surface area (TPSA) is 29.1 Å². The van der Waals surface area contributed by atoms with E-state index < -0.39 is 0 Å². The van der Waals surface area contributed by atoms with Crippen molar-refractivity contribution in [1.29, 1.82) is 0 Å². The quantitative estimate of drug-likeness (QED) is 0.809. The molecule has 0 fully saturated rings. The zero-order chi connectivity index (χ0) is 13.7. The van der Waals surface area contributed by atoms with Crippen LogP contribution < -0.4 is 5.32 Å². The Kier molecular flexibility index (Phi) is 5.31. The zero-order valence-corrected chi connectivity index (χ0v) is 13.1. The van der Waals surface area contributed by atoms with Crippen molar-refractivity contribution in [2.45, 2.75) is 19.4 Å². The van der Waals surface area contributed by atoms with E-state index in [0.29, 0.717) is 0 Å². The van der Waals surface area contributed by atoms with E-state index in [9.17, 15) is 4.79 Å². The first-order chi connectivity index (χ1) is 9.16. The minimum atomic E-state index is -0.144. The molecular weight excluding hydrogens is 322 g/mol. The van der Waals surface area contributed by atoms with Gasteiger partial charge in [0.15, 0.2) is 5.78 Å². The molecule has 0 bridgehead atoms. The van der Waals surface area contributed by atoms with Gasteiger partial charge in [0.05, 0.1) is 14.7 Å². The fourth-order valence-corrected chi connectivity index (χ4v) is 3.25. The molecule has 4 heteroatoms. The van der Waals surface area contributed by atoms with Gasteiger partial charge in [0.25, 0.3) is 0 Å². The molecule has 0 saturated carbocycles. The molecule has 0 radical (unpaired) electrons. The van der Waals surface area contributed by atoms with Crippen molar-refractivity contribution >= 4 is 33.0 Å². The third-order valence-corrected chi connectivity index (χ3v) is 4.55. The predicted molar refractivity (Wildman–Crippen MR) is 84.0 cm³/mol. The SMILES string of the molecule is CC(NCCc1ccccc1)C(=O)c1ccc(Br)s1. The number of nitrogens with one attached hydrogen (secondary N) is 1. The molecule has 0 aliphatic heterocycles. The first-order valence-corrected chi connectivity index (χ1v) is 7.84. The van der Waals surface area contributed by atoms with Gasteiger partial charge in [-0.25, -0.2) is 0 Å². The summed E-state index contributed by atoms with van der Waals surface area (Å²) in [5.74, 6) is 0.156. The second-order valence-electron chi connectivity index (χ2n) is 4.38. The van der Waals surface area contributed by atoms with Gasteiger partial charge in [-0.05, 0) is 53.5 Å². The Morgan fingerprint density at radius 3 is 2.63 bits per heavy atom. The highest BCUT2D eigenvalue weighted by atomic mass is 79.9. The summed E-state index contributed by atoms with van der Waals surface area (Å²) in [6, 6.07) is 13.9. The summed E-state index contributed by atoms with van der Waals surface area (Å²) in [7, 11) is 0. The lowest BCUT2D eigenvalue weighted by Crippen LogP contribution is -2.34. The highest BCUT2D eigenvalue weighted by Crippen LogP contribution is 2.23. The second-order valence-corrected chi connectivity index (χ2v) is 6.84. The lowest BCUT2D eigenvalue weighted by atomic mass is 10.1. The molecule has 2 aromatic rings. The van der Waals surface area contributed by atoms with Gasteiger partial charge in [-0.3, -0.25) is 4.79 Å². The average molecular weight is 338 g/mol. The summed E-state index contributed by atoms with van der Waals surface area (Å²) in [5.41, 5.74) is 1.29. The summed E-state index contributed by atoms with van der Waals surface area (Å²) in [6.07, 6.45) is 0.937. The normalized spacial score (nSPS) is 12.3. The molecule has 1 aromatic carbocycles. The Bertz CT molecular complexity index is 538. The number of halogens is 1. The number of ketones is 1. The van der Waals surface area contributed by atoms with Crippen molar-refractivity contribution in [3.63, 3.8) is 0 Å². The van der Waals surface area contributed by atoms with Crippen LogP contribution in [0, 0.1) is 0 Å². The van der Waals surface area contributed by atoms with Gasteiger partial charge < -0.3 is 5.32 Å². The molecule has 2 nitrogen and oxygen atoms in total. The molecule has 0 saturated heterocycles. The van der Waals surface area contributed by atoms with Crippen LogP contribution in [0.3, 0.4) is 0 Å². The maximum atomic E-state index is 12.1. The summed E-state index contributed by atoms with van der Waals surface area (Å²) >= 11 is 4.86. The maximum absolute atomic E-state index is 12.1. The van der Waals surface area contributed by atoms with Crippen LogP contribution in [0.15, 0.2) is 46.3 Å². The van der Waals surface area contributed by atoms with Crippen LogP contribution in [-0.4, -0.2) is 18.4 Å². The molecule has 2 rings (SSSR count). The van der Waals surface area contributed by atoms with Crippen LogP contribution >= 0.6 is 27.3 Å². The Labute approximate surface area is 126 Å². The van der Waals surface area contributed by atoms with Crippen molar-refractivity contribution in [3.05, 3.63) is 56.7 Å². The summed E-state index contributed by atoms with van der Waals surface area (Å²) < 4.78 is 0.993. The van der Waals surface area contributed by atoms with Gasteiger partial charge in [-0.15, -0.1) is 11.3 Å². The molecule has 1 heterocycles. The van der Waals surface area contributed by atoms with Crippen LogP contribution in [0.1, 0.15) is 22.2 Å². The van der Waals surface area contributed by atoms with Crippen molar-refractivity contribution in [2.75, 3.05) is 6.54 Å². The van der Waals surface area contributed by atoms with E-state index in [-0.39, 0.29) is 11.8 Å². The van der Waals surface area contributed by atoms with Crippen LogP contribution in [0.4, 0.5) is 0 Å². The Morgan fingerprint density at radius 1 is 1.26 bits per heavy atom. The first kappa shape index (κ1) is 14.4. The first-order valence-electron chi connectivity index (χ1n) is 6.23. The van der Waals surface area contributed by atoms with Crippen molar-refractivity contribution < 1.29 is 4.79 Å². The molecule has 1 unspecified atom stereocenters. The largest absolute Gasteiger partial charge is 0.307 e. The number of Topliss-reactive ketones (excluding diaryl/α,β-unsaturated/α-hetero) is 1. The van der Waals surface area contributed by atoms with Crippen molar-refractivity contribution in [2.24, 2.45) is 0 Å². The maximum Gasteiger partial charge on any atom is 0.189 e. The third kappa shape index (κ3) is 4.27. The number of benzene rings is 1. The molecule has 1 atom stereocenters. The average Bonchev–Trinajstić information content (AvgIpc) is 2.85. The fraction of sp³-hybridized carbons (Fsp3) is 0.267. The van der Waals surface area contributed by atoms with Gasteiger partial charge in [-0.1, -0.05) is 30.3 Å². The molecule has 0 aliphatic carbocycles. The van der Waals surface area contributed by atoms with Gasteiger partial charge in [-0.2, -0.15) is 0 Å². The van der Waals surface area contributed by atoms with Crippen LogP contribution in [0.5, 0.6) is 0 Å². The predicted octanol–water partition coefficient (Wildman–Crippen LogP) is 3.91. The van der Waals surface area contributed by atoms with Crippen molar-refractivity contribution in [1.82, 2.24) is 5.32 Å². The van der Waals surface area contributed by atoms with E-state index in [0.717, 1.165) is 21.6 Å². The van der Waals surface area contributed by atoms with Gasteiger partial charge in [0.2, 0.25) is 0 Å². The Balaban J connectivity index is 1.81. The smallest absolute Gasteiger partial charge is 0.189 e. The summed E-state index contributed by atoms with van der Waals surface area (Å²) in [5, 5.41) is 3.28. The molecular formula is C15H16BrNOS. The highest BCUT2D eigenvalue weighted by molar-refractivity contribution is 9.11. The lowest BCUT2D eigenvalue weighted by molar-refractivity contribution is 0.0955. The van der Waals surface area contributed by atoms with Crippen LogP contribution in [0.25, 0.3) is 0 Å². The third-order valence-electron chi connectivity index (χ3n) is 2.92. The molecule has 1 aromatic heterocycles. The second kappa shape index (κ2) is 6.98. The number of hydrogen-bond donors (Lipinski definition) is 1. The number of thiophene rings is 1. The minimum absolute atomic E-state index is 0.144. The molecule has 0 spiro atoms. The van der Waals surface area contributed by atoms with Gasteiger partial charge in [0.1, 0.15) is 0 Å². The fourth-order valence-electron chi connectivity index (χ4n) is 1.83. The molecule has 0 amide bonds. The van der Waals surface area contributed by atoms with E-state index in [1.807, 2.05) is 37.3 Å². The Hall–Kier alpha value is -0.970. The van der Waals surface area contributed by atoms with Gasteiger partial charge in [0, 0.05) is 0 Å². The minimum Gasteiger partial charge on any atom is -0.307 e. The number of carbonyl (C=O) groups is 1. The number of rotatable bonds is 6. The number of hydrogen-bond acceptors (Lipinski definition) is 3. The van der Waals surface area contributed by atoms with Crippen LogP contribution in [-0.2, 0) is 6.42 Å². The monoisotopic (exact) mass is 337 g/mol. The van der Waals surface area contributed by atoms with E-state index in [4.69, 9.17) is 0 Å². The summed E-state index contributed by atoms with van der Waals surface area (Å²) in [4.78, 5) is 12.9. The molecule has 19 heavy (non-hydrogen) atoms. The van der Waals surface area contributed by atoms with Crippen molar-refractivity contribution in [3.8, 4) is 0 Å². The standard InChI is InChI=1S/C15H16BrNOS/c1-11(15(18)13-7-8-14(16)19-13)17-10-9-12-5-3-2-4-6-12/h2-8,11,17H,9-10H2,1H3. The number of carbonyl (C=O) groups excluding carboxylic acids is 1. The van der Waals surface area contributed by atoms with E-state index >= 15 is 0 Å². The van der Waals surface area contributed by atoms with Gasteiger partial charge >= 0.3 is 0 Å². The lowest BCUT2D eigenvalue weighted by Gasteiger charge is -2.11. The molecule has 1 N–H and O–H groups in total. The molecule has 0 aliphatic rings. The highest BCUT2D eigenvalue weighted by Gasteiger charge is 2.16. The summed E-state index contributed by atoms with van der Waals surface area (Å²) in [6.45, 7) is 2.73. The Morgan fingerprint density at radius 2 is 2.00 bits per heavy atom. The van der Waals surface area contributed by atoms with E-state index in [2.05, 4.69) is 33.4 Å². The zero-order valence-electron chi connectivity index (χ0n) is 10.7. The van der Waals surface area contributed by atoms with E-state index in [1.54, 1.807) is 0 Å². The van der Waals surface area contributed by atoms with E-state index in [1.165, 1.54) is 16.9 Å². The van der Waals surface area contributed by atoms with Crippen LogP contribution in [0.2, 0.25) is 0 Å².